The topological polar surface area (TPSA) is 15.7 Å². The summed E-state index contributed by atoms with van der Waals surface area (Å²) in [6.07, 6.45) is 0. The zero-order valence-corrected chi connectivity index (χ0v) is 37.2. The predicted octanol–water partition coefficient (Wildman–Crippen LogP) is 17.6. The highest BCUT2D eigenvalue weighted by atomic mass is 16.5. The fraction of sp³-hybridized carbons (Fsp3) is 0.0154. The molecule has 1 aliphatic carbocycles. The first-order chi connectivity index (χ1) is 33.8. The van der Waals surface area contributed by atoms with Crippen LogP contribution in [0.15, 0.2) is 267 Å². The first kappa shape index (κ1) is 39.4. The van der Waals surface area contributed by atoms with Gasteiger partial charge in [0, 0.05) is 39.3 Å². The van der Waals surface area contributed by atoms with Crippen LogP contribution >= 0.6 is 0 Å². The van der Waals surface area contributed by atoms with Crippen LogP contribution in [0.25, 0.3) is 44.2 Å². The van der Waals surface area contributed by atoms with E-state index in [4.69, 9.17) is 4.74 Å². The third-order valence-corrected chi connectivity index (χ3v) is 13.9. The zero-order valence-electron chi connectivity index (χ0n) is 37.2. The second-order valence-corrected chi connectivity index (χ2v) is 17.6. The maximum atomic E-state index is 7.35. The van der Waals surface area contributed by atoms with Crippen molar-refractivity contribution in [2.24, 2.45) is 0 Å². The maximum Gasteiger partial charge on any atom is 0.159 e. The Balaban J connectivity index is 1.05. The minimum atomic E-state index is -0.557. The molecule has 11 aromatic rings. The molecule has 3 heteroatoms. The molecule has 1 aliphatic heterocycles. The smallest absolute Gasteiger partial charge is 0.159 e. The first-order valence-corrected chi connectivity index (χ1v) is 23.3. The van der Waals surface area contributed by atoms with E-state index < -0.39 is 5.41 Å². The summed E-state index contributed by atoms with van der Waals surface area (Å²) in [5.74, 6) is 1.65. The Morgan fingerprint density at radius 1 is 0.324 bits per heavy atom. The Kier molecular flexibility index (Phi) is 9.40. The van der Waals surface area contributed by atoms with Crippen molar-refractivity contribution in [2.75, 3.05) is 9.80 Å². The standard InChI is InChI=1S/C65H44N2O/c1-6-20-45(21-7-1)46-36-39-52(40-37-46)67(59-35-19-34-58-63(59)55-31-16-17-33-57(55)65(58,48-23-8-2-9-24-48)49-25-10-3-11-26-49)60-42-38-47-22-18-32-54-56-44-53(41-43-61(56)68-64(60)62(47)54)66(50-27-12-4-13-28-50)51-29-14-5-15-30-51/h1-44H. The van der Waals surface area contributed by atoms with Crippen LogP contribution in [0.4, 0.5) is 34.1 Å². The molecule has 0 fully saturated rings. The number of hydrogen-bond acceptors (Lipinski definition) is 3. The average Bonchev–Trinajstić information content (AvgIpc) is 3.73. The minimum absolute atomic E-state index is 0.557. The molecule has 0 N–H and O–H groups in total. The Hall–Kier alpha value is -8.92. The quantitative estimate of drug-likeness (QED) is 0.144. The van der Waals surface area contributed by atoms with Crippen molar-refractivity contribution in [3.63, 3.8) is 0 Å². The first-order valence-electron chi connectivity index (χ1n) is 23.3. The van der Waals surface area contributed by atoms with E-state index in [0.717, 1.165) is 73.1 Å². The minimum Gasteiger partial charge on any atom is -0.454 e. The van der Waals surface area contributed by atoms with Gasteiger partial charge < -0.3 is 14.5 Å². The van der Waals surface area contributed by atoms with Gasteiger partial charge in [-0.05, 0) is 117 Å². The Morgan fingerprint density at radius 2 is 0.853 bits per heavy atom. The van der Waals surface area contributed by atoms with E-state index in [1.807, 2.05) is 0 Å². The highest BCUT2D eigenvalue weighted by Gasteiger charge is 2.47. The molecule has 0 saturated carbocycles. The number of para-hydroxylation sites is 2. The van der Waals surface area contributed by atoms with E-state index >= 15 is 0 Å². The van der Waals surface area contributed by atoms with Gasteiger partial charge in [-0.25, -0.2) is 0 Å². The van der Waals surface area contributed by atoms with Gasteiger partial charge in [0.2, 0.25) is 0 Å². The van der Waals surface area contributed by atoms with Gasteiger partial charge in [0.05, 0.1) is 16.8 Å². The van der Waals surface area contributed by atoms with E-state index in [1.165, 1.54) is 38.9 Å². The van der Waals surface area contributed by atoms with Gasteiger partial charge in [0.15, 0.2) is 5.75 Å². The lowest BCUT2D eigenvalue weighted by atomic mass is 9.68. The normalized spacial score (nSPS) is 12.6. The molecule has 0 radical (unpaired) electrons. The van der Waals surface area contributed by atoms with Crippen molar-refractivity contribution in [1.82, 2.24) is 0 Å². The third kappa shape index (κ3) is 6.21. The second-order valence-electron chi connectivity index (χ2n) is 17.6. The Bertz CT molecular complexity index is 3550. The van der Waals surface area contributed by atoms with Gasteiger partial charge in [0.1, 0.15) is 5.75 Å². The number of ether oxygens (including phenoxy) is 1. The van der Waals surface area contributed by atoms with E-state index in [1.54, 1.807) is 0 Å². The molecule has 2 aliphatic rings. The summed E-state index contributed by atoms with van der Waals surface area (Å²) in [5.41, 5.74) is 17.7. The van der Waals surface area contributed by atoms with Crippen LogP contribution in [0.1, 0.15) is 22.3 Å². The van der Waals surface area contributed by atoms with Crippen molar-refractivity contribution < 1.29 is 4.74 Å². The lowest BCUT2D eigenvalue weighted by Crippen LogP contribution is -2.28. The number of fused-ring (bicyclic) bond motifs is 5. The summed E-state index contributed by atoms with van der Waals surface area (Å²) in [6.45, 7) is 0. The van der Waals surface area contributed by atoms with Gasteiger partial charge in [-0.2, -0.15) is 0 Å². The fourth-order valence-electron chi connectivity index (χ4n) is 11.0. The van der Waals surface area contributed by atoms with Crippen LogP contribution in [0.2, 0.25) is 0 Å². The molecule has 11 aromatic carbocycles. The molecule has 68 heavy (non-hydrogen) atoms. The summed E-state index contributed by atoms with van der Waals surface area (Å²) in [4.78, 5) is 4.75. The largest absolute Gasteiger partial charge is 0.454 e. The van der Waals surface area contributed by atoms with Gasteiger partial charge in [-0.15, -0.1) is 0 Å². The van der Waals surface area contributed by atoms with Crippen molar-refractivity contribution in [3.8, 4) is 44.9 Å². The molecular formula is C65H44N2O. The van der Waals surface area contributed by atoms with Crippen LogP contribution < -0.4 is 14.5 Å². The lowest BCUT2D eigenvalue weighted by molar-refractivity contribution is 0.488. The Morgan fingerprint density at radius 3 is 1.53 bits per heavy atom. The molecule has 320 valence electrons. The van der Waals surface area contributed by atoms with Crippen LogP contribution in [0.5, 0.6) is 11.5 Å². The second kappa shape index (κ2) is 16.2. The van der Waals surface area contributed by atoms with Crippen LogP contribution in [-0.4, -0.2) is 0 Å². The van der Waals surface area contributed by atoms with Gasteiger partial charge in [0.25, 0.3) is 0 Å². The average molecular weight is 869 g/mol. The van der Waals surface area contributed by atoms with Crippen LogP contribution in [-0.2, 0) is 5.41 Å². The number of benzene rings is 11. The van der Waals surface area contributed by atoms with Crippen molar-refractivity contribution in [1.29, 1.82) is 0 Å². The number of rotatable bonds is 9. The van der Waals surface area contributed by atoms with E-state index in [9.17, 15) is 0 Å². The molecule has 0 atom stereocenters. The highest BCUT2D eigenvalue weighted by molar-refractivity contribution is 6.09. The van der Waals surface area contributed by atoms with E-state index in [2.05, 4.69) is 277 Å². The lowest BCUT2D eigenvalue weighted by Gasteiger charge is -2.35. The number of anilines is 6. The number of hydrogen-bond donors (Lipinski definition) is 0. The molecule has 0 saturated heterocycles. The molecular weight excluding hydrogens is 825 g/mol. The Labute approximate surface area is 397 Å². The monoisotopic (exact) mass is 868 g/mol. The molecule has 3 nitrogen and oxygen atoms in total. The molecule has 0 unspecified atom stereocenters. The van der Waals surface area contributed by atoms with Crippen LogP contribution in [0.3, 0.4) is 0 Å². The van der Waals surface area contributed by atoms with Gasteiger partial charge >= 0.3 is 0 Å². The molecule has 0 amide bonds. The summed E-state index contributed by atoms with van der Waals surface area (Å²) < 4.78 is 7.35. The SMILES string of the molecule is c1ccc(-c2ccc(N(c3cccc4c3-c3ccccc3C4(c3ccccc3)c3ccccc3)c3ccc4cccc5c4c3Oc3ccc(N(c4ccccc4)c4ccccc4)cc3-5)cc2)cc1. The predicted molar refractivity (Wildman–Crippen MR) is 282 cm³/mol. The molecule has 1 heterocycles. The zero-order chi connectivity index (χ0) is 45.0. The molecule has 0 aromatic heterocycles. The van der Waals surface area contributed by atoms with Gasteiger partial charge in [-0.1, -0.05) is 200 Å². The molecule has 13 rings (SSSR count). The van der Waals surface area contributed by atoms with Crippen molar-refractivity contribution in [3.05, 3.63) is 289 Å². The highest BCUT2D eigenvalue weighted by Crippen LogP contribution is 2.61. The fourth-order valence-corrected chi connectivity index (χ4v) is 11.0. The van der Waals surface area contributed by atoms with Gasteiger partial charge in [-0.3, -0.25) is 0 Å². The number of nitrogens with zero attached hydrogens (tertiary/aromatic N) is 2. The maximum absolute atomic E-state index is 7.35. The summed E-state index contributed by atoms with van der Waals surface area (Å²) in [6, 6.07) is 96.5. The van der Waals surface area contributed by atoms with Crippen LogP contribution in [0, 0.1) is 0 Å². The summed E-state index contributed by atoms with van der Waals surface area (Å²) in [5, 5.41) is 2.21. The third-order valence-electron chi connectivity index (χ3n) is 13.9. The summed E-state index contributed by atoms with van der Waals surface area (Å²) >= 11 is 0. The molecule has 0 bridgehead atoms. The summed E-state index contributed by atoms with van der Waals surface area (Å²) in [7, 11) is 0. The molecule has 0 spiro atoms. The van der Waals surface area contributed by atoms with E-state index in [-0.39, 0.29) is 0 Å². The van der Waals surface area contributed by atoms with Crippen molar-refractivity contribution in [2.45, 2.75) is 5.41 Å². The van der Waals surface area contributed by atoms with Crippen molar-refractivity contribution >= 4 is 44.9 Å². The van der Waals surface area contributed by atoms with E-state index in [0.29, 0.717) is 0 Å².